The quantitative estimate of drug-likeness (QED) is 0.364. The number of nitrogens with zero attached hydrogens (tertiary/aromatic N) is 2. The van der Waals surface area contributed by atoms with Crippen LogP contribution in [0.5, 0.6) is 0 Å². The SMILES string of the molecule is CC(C)C[C@@H]1NC(=O)[C@@H](Cc2ccccc2)NC(=O)c2ccc(cc2)CN(C(=O)C2CCN(C)CC2)CCCCNC(=O)[C@@H](C)NC1=O. The molecule has 11 nitrogen and oxygen atoms in total. The Balaban J connectivity index is 1.59. The molecule has 0 radical (unpaired) electrons. The summed E-state index contributed by atoms with van der Waals surface area (Å²) in [5.41, 5.74) is 2.14. The lowest BCUT2D eigenvalue weighted by molar-refractivity contribution is -0.137. The molecule has 3 aliphatic rings. The number of hydrogen-bond donors (Lipinski definition) is 4. The van der Waals surface area contributed by atoms with E-state index in [0.717, 1.165) is 37.1 Å². The predicted octanol–water partition coefficient (Wildman–Crippen LogP) is 2.64. The Kier molecular flexibility index (Phi) is 13.5. The van der Waals surface area contributed by atoms with Crippen molar-refractivity contribution >= 4 is 29.5 Å². The van der Waals surface area contributed by atoms with E-state index in [9.17, 15) is 24.0 Å². The molecule has 0 spiro atoms. The van der Waals surface area contributed by atoms with Crippen molar-refractivity contribution < 1.29 is 24.0 Å². The summed E-state index contributed by atoms with van der Waals surface area (Å²) in [6, 6.07) is 13.8. The van der Waals surface area contributed by atoms with Gasteiger partial charge in [0.05, 0.1) is 0 Å². The number of carbonyl (C=O) groups excluding carboxylic acids is 5. The molecule has 1 saturated heterocycles. The van der Waals surface area contributed by atoms with Crippen molar-refractivity contribution in [3.63, 3.8) is 0 Å². The number of nitrogens with one attached hydrogen (secondary N) is 4. The number of benzene rings is 2. The van der Waals surface area contributed by atoms with E-state index >= 15 is 0 Å². The fraction of sp³-hybridized carbons (Fsp3) is 0.541. The van der Waals surface area contributed by atoms with E-state index in [4.69, 9.17) is 0 Å². The van der Waals surface area contributed by atoms with Gasteiger partial charge in [-0.1, -0.05) is 56.3 Å². The van der Waals surface area contributed by atoms with Crippen LogP contribution in [0.1, 0.15) is 74.4 Å². The Bertz CT molecular complexity index is 1390. The summed E-state index contributed by atoms with van der Waals surface area (Å²) in [4.78, 5) is 71.4. The molecule has 3 aliphatic heterocycles. The fourth-order valence-electron chi connectivity index (χ4n) is 6.21. The first kappa shape index (κ1) is 36.6. The Morgan fingerprint density at radius 1 is 0.812 bits per heavy atom. The van der Waals surface area contributed by atoms with Crippen molar-refractivity contribution in [3.8, 4) is 0 Å². The third kappa shape index (κ3) is 10.9. The number of rotatable bonds is 5. The van der Waals surface area contributed by atoms with Gasteiger partial charge in [-0.3, -0.25) is 24.0 Å². The van der Waals surface area contributed by atoms with Crippen molar-refractivity contribution in [2.24, 2.45) is 11.8 Å². The van der Waals surface area contributed by atoms with Crippen LogP contribution in [-0.4, -0.2) is 90.7 Å². The number of carbonyl (C=O) groups is 5. The third-order valence-electron chi connectivity index (χ3n) is 9.12. The highest BCUT2D eigenvalue weighted by Crippen LogP contribution is 2.21. The molecule has 260 valence electrons. The van der Waals surface area contributed by atoms with E-state index in [1.54, 1.807) is 19.1 Å². The lowest BCUT2D eigenvalue weighted by Crippen LogP contribution is -2.57. The van der Waals surface area contributed by atoms with Crippen molar-refractivity contribution in [1.82, 2.24) is 31.1 Å². The Hall–Kier alpha value is -4.25. The summed E-state index contributed by atoms with van der Waals surface area (Å²) in [5, 5.41) is 11.4. The first-order chi connectivity index (χ1) is 23.0. The minimum absolute atomic E-state index is 0.0305. The lowest BCUT2D eigenvalue weighted by atomic mass is 9.95. The molecule has 2 aromatic carbocycles. The normalized spacial score (nSPS) is 23.1. The molecule has 5 amide bonds. The van der Waals surface area contributed by atoms with Gasteiger partial charge in [0.1, 0.15) is 18.1 Å². The average molecular weight is 661 g/mol. The minimum Gasteiger partial charge on any atom is -0.354 e. The first-order valence-corrected chi connectivity index (χ1v) is 17.3. The highest BCUT2D eigenvalue weighted by atomic mass is 16.2. The second kappa shape index (κ2) is 17.8. The van der Waals surface area contributed by atoms with Crippen LogP contribution in [0.2, 0.25) is 0 Å². The third-order valence-corrected chi connectivity index (χ3v) is 9.12. The summed E-state index contributed by atoms with van der Waals surface area (Å²) in [7, 11) is 2.07. The number of piperidine rings is 1. The smallest absolute Gasteiger partial charge is 0.251 e. The Morgan fingerprint density at radius 2 is 1.48 bits per heavy atom. The average Bonchev–Trinajstić information content (AvgIpc) is 3.07. The van der Waals surface area contributed by atoms with Crippen molar-refractivity contribution in [2.75, 3.05) is 33.2 Å². The molecule has 3 atom stereocenters. The van der Waals surface area contributed by atoms with Crippen LogP contribution in [0.25, 0.3) is 0 Å². The minimum atomic E-state index is -0.959. The molecule has 2 aromatic rings. The zero-order valence-corrected chi connectivity index (χ0v) is 28.8. The number of hydrogen-bond acceptors (Lipinski definition) is 6. The molecule has 11 heteroatoms. The first-order valence-electron chi connectivity index (χ1n) is 17.3. The molecular weight excluding hydrogens is 608 g/mol. The summed E-state index contributed by atoms with van der Waals surface area (Å²) in [5.74, 6) is -1.52. The number of amides is 5. The lowest BCUT2D eigenvalue weighted by Gasteiger charge is -2.32. The van der Waals surface area contributed by atoms with Gasteiger partial charge in [0, 0.05) is 37.5 Å². The Labute approximate surface area is 284 Å². The van der Waals surface area contributed by atoms with Crippen molar-refractivity contribution in [1.29, 1.82) is 0 Å². The fourth-order valence-corrected chi connectivity index (χ4v) is 6.21. The van der Waals surface area contributed by atoms with Crippen molar-refractivity contribution in [2.45, 2.75) is 84.0 Å². The van der Waals surface area contributed by atoms with Gasteiger partial charge in [0.2, 0.25) is 23.6 Å². The van der Waals surface area contributed by atoms with E-state index in [0.29, 0.717) is 44.5 Å². The second-order valence-corrected chi connectivity index (χ2v) is 13.7. The van der Waals surface area contributed by atoms with Gasteiger partial charge >= 0.3 is 0 Å². The largest absolute Gasteiger partial charge is 0.354 e. The zero-order chi connectivity index (χ0) is 34.6. The molecule has 0 aliphatic carbocycles. The van der Waals surface area contributed by atoms with Crippen molar-refractivity contribution in [3.05, 3.63) is 71.3 Å². The molecule has 0 saturated carbocycles. The zero-order valence-electron chi connectivity index (χ0n) is 28.8. The van der Waals surface area contributed by atoms with Crippen LogP contribution in [0.15, 0.2) is 54.6 Å². The maximum Gasteiger partial charge on any atom is 0.251 e. The topological polar surface area (TPSA) is 140 Å². The highest BCUT2D eigenvalue weighted by Gasteiger charge is 2.30. The van der Waals surface area contributed by atoms with Gasteiger partial charge in [0.25, 0.3) is 5.91 Å². The van der Waals surface area contributed by atoms with Gasteiger partial charge in [-0.25, -0.2) is 0 Å². The summed E-state index contributed by atoms with van der Waals surface area (Å²) in [6.45, 7) is 8.65. The molecule has 4 N–H and O–H groups in total. The maximum atomic E-state index is 13.7. The van der Waals surface area contributed by atoms with Gasteiger partial charge in [0.15, 0.2) is 0 Å². The van der Waals surface area contributed by atoms with E-state index in [1.165, 1.54) is 0 Å². The summed E-state index contributed by atoms with van der Waals surface area (Å²) >= 11 is 0. The van der Waals surface area contributed by atoms with Crippen LogP contribution in [0.4, 0.5) is 0 Å². The van der Waals surface area contributed by atoms with Crippen LogP contribution >= 0.6 is 0 Å². The molecule has 2 bridgehead atoms. The van der Waals surface area contributed by atoms with E-state index in [1.807, 2.05) is 61.2 Å². The monoisotopic (exact) mass is 660 g/mol. The molecule has 5 rings (SSSR count). The number of fused-ring (bicyclic) bond motifs is 18. The standard InChI is InChI=1S/C37H52N6O5/c1-25(2)22-31-35(46)39-26(3)33(44)38-18-8-9-19-43(37(48)30-16-20-42(4)21-17-30)24-28-12-14-29(15-13-28)34(45)40-32(36(47)41-31)23-27-10-6-5-7-11-27/h5-7,10-15,25-26,30-32H,8-9,16-24H2,1-4H3,(H,38,44)(H,39,46)(H,40,45)(H,41,47)/t26-,31+,32-/m1/s1. The second-order valence-electron chi connectivity index (χ2n) is 13.7. The molecule has 1 fully saturated rings. The summed E-state index contributed by atoms with van der Waals surface area (Å²) in [6.07, 6.45) is 3.58. The van der Waals surface area contributed by atoms with Crippen LogP contribution < -0.4 is 21.3 Å². The van der Waals surface area contributed by atoms with Gasteiger partial charge < -0.3 is 31.1 Å². The van der Waals surface area contributed by atoms with Gasteiger partial charge in [-0.2, -0.15) is 0 Å². The number of likely N-dealkylation sites (tertiary alicyclic amines) is 1. The highest BCUT2D eigenvalue weighted by molar-refractivity contribution is 5.99. The molecule has 0 aromatic heterocycles. The predicted molar refractivity (Wildman–Crippen MR) is 185 cm³/mol. The Morgan fingerprint density at radius 3 is 2.15 bits per heavy atom. The van der Waals surface area contributed by atoms with E-state index in [2.05, 4.69) is 33.2 Å². The van der Waals surface area contributed by atoms with E-state index in [-0.39, 0.29) is 30.1 Å². The van der Waals surface area contributed by atoms with Gasteiger partial charge in [-0.15, -0.1) is 0 Å². The maximum absolute atomic E-state index is 13.7. The molecule has 0 unspecified atom stereocenters. The molecular formula is C37H52N6O5. The van der Waals surface area contributed by atoms with Crippen LogP contribution in [0, 0.1) is 11.8 Å². The molecule has 3 heterocycles. The van der Waals surface area contributed by atoms with Crippen LogP contribution in [-0.2, 0) is 32.1 Å². The summed E-state index contributed by atoms with van der Waals surface area (Å²) < 4.78 is 0. The van der Waals surface area contributed by atoms with Gasteiger partial charge in [-0.05, 0) is 88.3 Å². The van der Waals surface area contributed by atoms with E-state index < -0.39 is 35.8 Å². The van der Waals surface area contributed by atoms with Crippen LogP contribution in [0.3, 0.4) is 0 Å². The molecule has 48 heavy (non-hydrogen) atoms.